The molecule has 1 unspecified atom stereocenters. The van der Waals surface area contributed by atoms with Crippen molar-refractivity contribution in [3.05, 3.63) is 59.9 Å². The molecule has 0 bridgehead atoms. The predicted molar refractivity (Wildman–Crippen MR) is 128 cm³/mol. The molecule has 1 N–H and O–H groups in total. The zero-order valence-electron chi connectivity index (χ0n) is 19.1. The first kappa shape index (κ1) is 24.4. The molecule has 1 saturated heterocycles. The van der Waals surface area contributed by atoms with Crippen LogP contribution in [0.1, 0.15) is 26.3 Å². The van der Waals surface area contributed by atoms with E-state index >= 15 is 0 Å². The Hall–Kier alpha value is -3.20. The third-order valence-electron chi connectivity index (χ3n) is 5.60. The minimum atomic E-state index is -1.11. The molecule has 1 aliphatic heterocycles. The van der Waals surface area contributed by atoms with Crippen LogP contribution in [-0.2, 0) is 11.2 Å². The lowest BCUT2D eigenvalue weighted by molar-refractivity contribution is -0.120. The second-order valence-corrected chi connectivity index (χ2v) is 9.17. The molecule has 3 rings (SSSR count). The highest BCUT2D eigenvalue weighted by molar-refractivity contribution is 7.80. The Balaban J connectivity index is 1.90. The van der Waals surface area contributed by atoms with Gasteiger partial charge in [0.05, 0.1) is 19.3 Å². The van der Waals surface area contributed by atoms with Gasteiger partial charge in [-0.2, -0.15) is 0 Å². The Labute approximate surface area is 198 Å². The molecule has 7 nitrogen and oxygen atoms in total. The van der Waals surface area contributed by atoms with Gasteiger partial charge in [-0.05, 0) is 81.4 Å². The number of thiocarbonyl (C=S) groups is 1. The maximum Gasteiger partial charge on any atom is 0.407 e. The zero-order valence-corrected chi connectivity index (χ0v) is 19.9. The highest BCUT2D eigenvalue weighted by Crippen LogP contribution is 2.28. The number of carbonyl (C=O) groups is 2. The van der Waals surface area contributed by atoms with E-state index < -0.39 is 23.5 Å². The number of benzene rings is 2. The fourth-order valence-corrected chi connectivity index (χ4v) is 4.16. The van der Waals surface area contributed by atoms with Crippen molar-refractivity contribution in [3.63, 3.8) is 0 Å². The molecular formula is C24H28FN3O4S. The molecule has 0 spiro atoms. The van der Waals surface area contributed by atoms with E-state index in [1.807, 2.05) is 24.3 Å². The van der Waals surface area contributed by atoms with Gasteiger partial charge < -0.3 is 19.6 Å². The summed E-state index contributed by atoms with van der Waals surface area (Å²) in [6, 6.07) is 12.3. The molecule has 2 amide bonds. The number of carboxylic acid groups (broad SMARTS) is 1. The van der Waals surface area contributed by atoms with Crippen LogP contribution in [0.25, 0.3) is 0 Å². The molecule has 0 saturated carbocycles. The summed E-state index contributed by atoms with van der Waals surface area (Å²) in [5.41, 5.74) is 0.760. The van der Waals surface area contributed by atoms with Crippen molar-refractivity contribution in [2.45, 2.75) is 38.8 Å². The van der Waals surface area contributed by atoms with Crippen LogP contribution < -0.4 is 9.64 Å². The lowest BCUT2D eigenvalue weighted by atomic mass is 10.0. The van der Waals surface area contributed by atoms with Gasteiger partial charge in [-0.1, -0.05) is 12.1 Å². The van der Waals surface area contributed by atoms with E-state index in [9.17, 15) is 19.1 Å². The summed E-state index contributed by atoms with van der Waals surface area (Å²) in [6.07, 6.45) is -0.523. The first-order valence-electron chi connectivity index (χ1n) is 10.6. The fraction of sp³-hybridized carbons (Fsp3) is 0.375. The van der Waals surface area contributed by atoms with Crippen molar-refractivity contribution in [1.82, 2.24) is 9.80 Å². The highest BCUT2D eigenvalue weighted by Gasteiger charge is 2.45. The first-order valence-corrected chi connectivity index (χ1v) is 11.0. The summed E-state index contributed by atoms with van der Waals surface area (Å²) in [4.78, 5) is 29.8. The van der Waals surface area contributed by atoms with Crippen LogP contribution >= 0.6 is 12.2 Å². The molecule has 2 aromatic carbocycles. The Morgan fingerprint density at radius 2 is 1.76 bits per heavy atom. The topological polar surface area (TPSA) is 73.3 Å². The van der Waals surface area contributed by atoms with Gasteiger partial charge in [0.15, 0.2) is 5.11 Å². The Morgan fingerprint density at radius 1 is 1.15 bits per heavy atom. The molecule has 9 heteroatoms. The molecule has 33 heavy (non-hydrogen) atoms. The lowest BCUT2D eigenvalue weighted by Crippen LogP contribution is -2.53. The van der Waals surface area contributed by atoms with Crippen molar-refractivity contribution in [2.75, 3.05) is 25.1 Å². The van der Waals surface area contributed by atoms with E-state index in [2.05, 4.69) is 0 Å². The third kappa shape index (κ3) is 5.42. The van der Waals surface area contributed by atoms with Crippen LogP contribution in [0, 0.1) is 5.82 Å². The van der Waals surface area contributed by atoms with Gasteiger partial charge in [-0.3, -0.25) is 9.69 Å². The van der Waals surface area contributed by atoms with Crippen LogP contribution in [0.5, 0.6) is 5.75 Å². The molecular weight excluding hydrogens is 445 g/mol. The van der Waals surface area contributed by atoms with Crippen LogP contribution in [0.2, 0.25) is 0 Å². The minimum Gasteiger partial charge on any atom is -0.497 e. The number of anilines is 1. The standard InChI is InChI=1S/C24H28FN3O4S/c1-24(2,3)27(23(30)31)15-20-21(29)28(18-9-7-17(25)8-10-18)22(33)26(20)14-13-16-5-11-19(32-4)12-6-16/h5-12,20H,13-15H2,1-4H3,(H,30,31). The van der Waals surface area contributed by atoms with E-state index in [1.165, 1.54) is 34.1 Å². The number of hydrogen-bond donors (Lipinski definition) is 1. The van der Waals surface area contributed by atoms with Gasteiger partial charge in [0.2, 0.25) is 0 Å². The highest BCUT2D eigenvalue weighted by atomic mass is 32.1. The monoisotopic (exact) mass is 473 g/mol. The molecule has 1 fully saturated rings. The number of amides is 2. The van der Waals surface area contributed by atoms with E-state index in [-0.39, 0.29) is 17.6 Å². The van der Waals surface area contributed by atoms with Gasteiger partial charge in [0, 0.05) is 12.1 Å². The van der Waals surface area contributed by atoms with E-state index in [0.717, 1.165) is 11.3 Å². The fourth-order valence-electron chi connectivity index (χ4n) is 3.75. The van der Waals surface area contributed by atoms with Gasteiger partial charge in [-0.25, -0.2) is 9.18 Å². The molecule has 2 aromatic rings. The van der Waals surface area contributed by atoms with Crippen molar-refractivity contribution in [2.24, 2.45) is 0 Å². The Bertz CT molecular complexity index is 1020. The normalized spacial score (nSPS) is 16.3. The molecule has 1 aliphatic rings. The SMILES string of the molecule is COc1ccc(CCN2C(=S)N(c3ccc(F)cc3)C(=O)C2CN(C(=O)O)C(C)(C)C)cc1. The summed E-state index contributed by atoms with van der Waals surface area (Å²) in [7, 11) is 1.60. The third-order valence-corrected chi connectivity index (χ3v) is 6.02. The van der Waals surface area contributed by atoms with Gasteiger partial charge in [-0.15, -0.1) is 0 Å². The molecule has 0 aliphatic carbocycles. The number of carbonyl (C=O) groups excluding carboxylic acids is 1. The van der Waals surface area contributed by atoms with Crippen molar-refractivity contribution in [1.29, 1.82) is 0 Å². The number of ether oxygens (including phenoxy) is 1. The molecule has 0 radical (unpaired) electrons. The van der Waals surface area contributed by atoms with E-state index in [4.69, 9.17) is 17.0 Å². The molecule has 176 valence electrons. The molecule has 1 atom stereocenters. The summed E-state index contributed by atoms with van der Waals surface area (Å²) in [5, 5.41) is 10.0. The van der Waals surface area contributed by atoms with Crippen LogP contribution in [-0.4, -0.2) is 63.8 Å². The van der Waals surface area contributed by atoms with Crippen LogP contribution in [0.4, 0.5) is 14.9 Å². The maximum atomic E-state index is 13.5. The largest absolute Gasteiger partial charge is 0.497 e. The van der Waals surface area contributed by atoms with Crippen LogP contribution in [0.3, 0.4) is 0 Å². The van der Waals surface area contributed by atoms with Crippen molar-refractivity contribution < 1.29 is 23.8 Å². The minimum absolute atomic E-state index is 0.0435. The summed E-state index contributed by atoms with van der Waals surface area (Å²) >= 11 is 5.65. The summed E-state index contributed by atoms with van der Waals surface area (Å²) in [6.45, 7) is 5.70. The smallest absolute Gasteiger partial charge is 0.407 e. The van der Waals surface area contributed by atoms with Crippen molar-refractivity contribution in [3.8, 4) is 5.75 Å². The lowest BCUT2D eigenvalue weighted by Gasteiger charge is -2.36. The number of hydrogen-bond acceptors (Lipinski definition) is 4. The molecule has 1 heterocycles. The Kier molecular flexibility index (Phi) is 7.22. The maximum absolute atomic E-state index is 13.5. The summed E-state index contributed by atoms with van der Waals surface area (Å²) < 4.78 is 18.6. The van der Waals surface area contributed by atoms with Crippen molar-refractivity contribution >= 4 is 35.0 Å². The average Bonchev–Trinajstić information content (AvgIpc) is 2.99. The second-order valence-electron chi connectivity index (χ2n) is 8.80. The van der Waals surface area contributed by atoms with Gasteiger partial charge in [0.25, 0.3) is 5.91 Å². The predicted octanol–water partition coefficient (Wildman–Crippen LogP) is 4.16. The number of nitrogens with zero attached hydrogens (tertiary/aromatic N) is 3. The Morgan fingerprint density at radius 3 is 2.27 bits per heavy atom. The number of rotatable bonds is 7. The summed E-state index contributed by atoms with van der Waals surface area (Å²) in [5.74, 6) is -0.0147. The average molecular weight is 474 g/mol. The van der Waals surface area contributed by atoms with E-state index in [0.29, 0.717) is 18.7 Å². The van der Waals surface area contributed by atoms with Gasteiger partial charge >= 0.3 is 6.09 Å². The zero-order chi connectivity index (χ0) is 24.3. The molecule has 0 aromatic heterocycles. The number of halogens is 1. The first-order chi connectivity index (χ1) is 15.5. The quantitative estimate of drug-likeness (QED) is 0.609. The van der Waals surface area contributed by atoms with Gasteiger partial charge in [0.1, 0.15) is 17.6 Å². The van der Waals surface area contributed by atoms with Crippen LogP contribution in [0.15, 0.2) is 48.5 Å². The van der Waals surface area contributed by atoms with E-state index in [1.54, 1.807) is 32.8 Å². The second kappa shape index (κ2) is 9.74. The number of methoxy groups -OCH3 is 1.